The summed E-state index contributed by atoms with van der Waals surface area (Å²) in [6.07, 6.45) is 5.71. The Morgan fingerprint density at radius 1 is 1.35 bits per heavy atom. The molecule has 1 aliphatic rings. The standard InChI is InChI=1S/C16H22BrNO2/c1-12-7-8-14(15(17)11-12)16(20)18(9-10-19)13-5-3-2-4-6-13/h7-8,11,13,19H,2-6,9-10H2,1H3. The van der Waals surface area contributed by atoms with E-state index >= 15 is 0 Å². The van der Waals surface area contributed by atoms with E-state index in [0.717, 1.165) is 22.9 Å². The van der Waals surface area contributed by atoms with Crippen LogP contribution in [-0.2, 0) is 0 Å². The van der Waals surface area contributed by atoms with E-state index in [1.54, 1.807) is 0 Å². The first-order valence-corrected chi connectivity index (χ1v) is 8.10. The third-order valence-electron chi connectivity index (χ3n) is 3.97. The predicted octanol–water partition coefficient (Wildman–Crippen LogP) is 3.52. The molecule has 0 unspecified atom stereocenters. The minimum Gasteiger partial charge on any atom is -0.395 e. The van der Waals surface area contributed by atoms with Crippen molar-refractivity contribution < 1.29 is 9.90 Å². The van der Waals surface area contributed by atoms with Crippen LogP contribution in [0.2, 0.25) is 0 Å². The zero-order valence-corrected chi connectivity index (χ0v) is 13.5. The average Bonchev–Trinajstić information content (AvgIpc) is 2.45. The van der Waals surface area contributed by atoms with Crippen LogP contribution in [0.3, 0.4) is 0 Å². The number of hydrogen-bond donors (Lipinski definition) is 1. The van der Waals surface area contributed by atoms with Crippen LogP contribution in [0.5, 0.6) is 0 Å². The van der Waals surface area contributed by atoms with Gasteiger partial charge in [-0.05, 0) is 53.4 Å². The molecule has 1 saturated carbocycles. The van der Waals surface area contributed by atoms with Crippen molar-refractivity contribution in [3.63, 3.8) is 0 Å². The first-order valence-electron chi connectivity index (χ1n) is 7.31. The third kappa shape index (κ3) is 3.61. The topological polar surface area (TPSA) is 40.5 Å². The Balaban J connectivity index is 2.21. The Bertz CT molecular complexity index is 470. The minimum atomic E-state index is 0.0196. The second kappa shape index (κ2) is 7.23. The summed E-state index contributed by atoms with van der Waals surface area (Å²) < 4.78 is 0.834. The zero-order valence-electron chi connectivity index (χ0n) is 11.9. The van der Waals surface area contributed by atoms with Crippen molar-refractivity contribution in [2.24, 2.45) is 0 Å². The van der Waals surface area contributed by atoms with E-state index in [-0.39, 0.29) is 18.6 Å². The molecular formula is C16H22BrNO2. The van der Waals surface area contributed by atoms with E-state index in [1.165, 1.54) is 19.3 Å². The van der Waals surface area contributed by atoms with Gasteiger partial charge in [-0.2, -0.15) is 0 Å². The van der Waals surface area contributed by atoms with Gasteiger partial charge in [0.1, 0.15) is 0 Å². The summed E-state index contributed by atoms with van der Waals surface area (Å²) in [5.74, 6) is 0.0258. The van der Waals surface area contributed by atoms with Gasteiger partial charge >= 0.3 is 0 Å². The van der Waals surface area contributed by atoms with Gasteiger partial charge in [0.05, 0.1) is 12.2 Å². The molecular weight excluding hydrogens is 318 g/mol. The minimum absolute atomic E-state index is 0.0196. The molecule has 1 fully saturated rings. The molecule has 0 atom stereocenters. The predicted molar refractivity (Wildman–Crippen MR) is 83.9 cm³/mol. The Hall–Kier alpha value is -0.870. The first-order chi connectivity index (χ1) is 9.63. The number of amides is 1. The maximum Gasteiger partial charge on any atom is 0.255 e. The fourth-order valence-electron chi connectivity index (χ4n) is 2.90. The lowest BCUT2D eigenvalue weighted by atomic mass is 9.93. The molecule has 0 bridgehead atoms. The second-order valence-electron chi connectivity index (χ2n) is 5.50. The molecule has 0 aliphatic heterocycles. The molecule has 2 rings (SSSR count). The molecule has 4 heteroatoms. The van der Waals surface area contributed by atoms with Gasteiger partial charge < -0.3 is 10.0 Å². The number of nitrogens with zero attached hydrogens (tertiary/aromatic N) is 1. The number of rotatable bonds is 4. The molecule has 0 heterocycles. The molecule has 1 aliphatic carbocycles. The average molecular weight is 340 g/mol. The molecule has 20 heavy (non-hydrogen) atoms. The highest BCUT2D eigenvalue weighted by atomic mass is 79.9. The van der Waals surface area contributed by atoms with Crippen LogP contribution in [0, 0.1) is 6.92 Å². The zero-order chi connectivity index (χ0) is 14.5. The first kappa shape index (κ1) is 15.5. The van der Waals surface area contributed by atoms with Crippen molar-refractivity contribution in [3.05, 3.63) is 33.8 Å². The number of aliphatic hydroxyl groups excluding tert-OH is 1. The summed E-state index contributed by atoms with van der Waals surface area (Å²) >= 11 is 3.48. The van der Waals surface area contributed by atoms with Gasteiger partial charge in [0.2, 0.25) is 0 Å². The molecule has 0 saturated heterocycles. The highest BCUT2D eigenvalue weighted by Gasteiger charge is 2.26. The van der Waals surface area contributed by atoms with Gasteiger partial charge in [-0.1, -0.05) is 25.3 Å². The maximum atomic E-state index is 12.8. The van der Waals surface area contributed by atoms with Crippen molar-refractivity contribution in [2.75, 3.05) is 13.2 Å². The number of carbonyl (C=O) groups excluding carboxylic acids is 1. The van der Waals surface area contributed by atoms with Crippen LogP contribution < -0.4 is 0 Å². The van der Waals surface area contributed by atoms with Gasteiger partial charge in [-0.25, -0.2) is 0 Å². The van der Waals surface area contributed by atoms with E-state index in [9.17, 15) is 9.90 Å². The molecule has 1 N–H and O–H groups in total. The van der Waals surface area contributed by atoms with E-state index < -0.39 is 0 Å². The highest BCUT2D eigenvalue weighted by Crippen LogP contribution is 2.26. The summed E-state index contributed by atoms with van der Waals surface area (Å²) in [4.78, 5) is 14.6. The summed E-state index contributed by atoms with van der Waals surface area (Å²) in [6.45, 7) is 2.45. The van der Waals surface area contributed by atoms with Crippen LogP contribution in [0.15, 0.2) is 22.7 Å². The van der Waals surface area contributed by atoms with Gasteiger partial charge in [0.15, 0.2) is 0 Å². The number of benzene rings is 1. The Morgan fingerprint density at radius 3 is 2.65 bits per heavy atom. The summed E-state index contributed by atoms with van der Waals surface area (Å²) in [5, 5.41) is 9.27. The molecule has 0 spiro atoms. The van der Waals surface area contributed by atoms with Crippen molar-refractivity contribution in [3.8, 4) is 0 Å². The lowest BCUT2D eigenvalue weighted by Crippen LogP contribution is -2.43. The van der Waals surface area contributed by atoms with Crippen LogP contribution in [0.25, 0.3) is 0 Å². The number of aliphatic hydroxyl groups is 1. The van der Waals surface area contributed by atoms with Gasteiger partial charge in [-0.3, -0.25) is 4.79 Å². The van der Waals surface area contributed by atoms with Gasteiger partial charge in [0, 0.05) is 17.1 Å². The number of hydrogen-bond acceptors (Lipinski definition) is 2. The molecule has 1 amide bonds. The SMILES string of the molecule is Cc1ccc(C(=O)N(CCO)C2CCCCC2)c(Br)c1. The highest BCUT2D eigenvalue weighted by molar-refractivity contribution is 9.10. The van der Waals surface area contributed by atoms with Crippen molar-refractivity contribution in [1.29, 1.82) is 0 Å². The fraction of sp³-hybridized carbons (Fsp3) is 0.562. The number of halogens is 1. The van der Waals surface area contributed by atoms with E-state index in [1.807, 2.05) is 30.0 Å². The van der Waals surface area contributed by atoms with E-state index in [4.69, 9.17) is 0 Å². The smallest absolute Gasteiger partial charge is 0.255 e. The number of carbonyl (C=O) groups is 1. The van der Waals surface area contributed by atoms with Crippen molar-refractivity contribution in [1.82, 2.24) is 4.90 Å². The third-order valence-corrected chi connectivity index (χ3v) is 4.63. The fourth-order valence-corrected chi connectivity index (χ4v) is 3.56. The quantitative estimate of drug-likeness (QED) is 0.911. The van der Waals surface area contributed by atoms with Crippen molar-refractivity contribution >= 4 is 21.8 Å². The van der Waals surface area contributed by atoms with Crippen LogP contribution in [0.4, 0.5) is 0 Å². The largest absolute Gasteiger partial charge is 0.395 e. The second-order valence-corrected chi connectivity index (χ2v) is 6.35. The summed E-state index contributed by atoms with van der Waals surface area (Å²) in [7, 11) is 0. The molecule has 1 aromatic rings. The van der Waals surface area contributed by atoms with Crippen LogP contribution in [-0.4, -0.2) is 35.1 Å². The van der Waals surface area contributed by atoms with E-state index in [2.05, 4.69) is 15.9 Å². The lowest BCUT2D eigenvalue weighted by Gasteiger charge is -2.34. The molecule has 3 nitrogen and oxygen atoms in total. The molecule has 1 aromatic carbocycles. The summed E-state index contributed by atoms with van der Waals surface area (Å²) in [6, 6.07) is 6.06. The monoisotopic (exact) mass is 339 g/mol. The normalized spacial score (nSPS) is 16.1. The maximum absolute atomic E-state index is 12.8. The Labute approximate surface area is 129 Å². The van der Waals surface area contributed by atoms with Crippen LogP contribution >= 0.6 is 15.9 Å². The molecule has 0 radical (unpaired) electrons. The number of aryl methyl sites for hydroxylation is 1. The molecule has 0 aromatic heterocycles. The van der Waals surface area contributed by atoms with E-state index in [0.29, 0.717) is 12.1 Å². The Kier molecular flexibility index (Phi) is 5.61. The van der Waals surface area contributed by atoms with Gasteiger partial charge in [-0.15, -0.1) is 0 Å². The summed E-state index contributed by atoms with van der Waals surface area (Å²) in [5.41, 5.74) is 1.81. The van der Waals surface area contributed by atoms with Crippen LogP contribution in [0.1, 0.15) is 48.0 Å². The van der Waals surface area contributed by atoms with Crippen molar-refractivity contribution in [2.45, 2.75) is 45.1 Å². The lowest BCUT2D eigenvalue weighted by molar-refractivity contribution is 0.0584. The van der Waals surface area contributed by atoms with Gasteiger partial charge in [0.25, 0.3) is 5.91 Å². The Morgan fingerprint density at radius 2 is 2.05 bits per heavy atom. The molecule has 110 valence electrons.